The Bertz CT molecular complexity index is 1480. The molecule has 1 amide bonds. The third-order valence-corrected chi connectivity index (χ3v) is 6.43. The summed E-state index contributed by atoms with van der Waals surface area (Å²) in [6.07, 6.45) is -2.17. The standard InChI is InChI=1S/C21H16BrF3N6O4/c22-13-5-16-15(6-14(13)23)30(20(32)31(16)12-3-4-29(9-12)21(33)34)8-11-2-1-10(7-26-11)18-27-28-19(35-18)17(24)25/h1-2,5-7,12,17H,3-4,8-9H2,(H,33,34)/t12-/m1/s1. The molecule has 35 heavy (non-hydrogen) atoms. The van der Waals surface area contributed by atoms with Crippen molar-refractivity contribution in [1.82, 2.24) is 29.2 Å². The number of halogens is 4. The number of hydrogen-bond acceptors (Lipinski definition) is 6. The number of carboxylic acid groups (broad SMARTS) is 1. The molecule has 1 atom stereocenters. The Hall–Kier alpha value is -3.68. The molecule has 182 valence electrons. The van der Waals surface area contributed by atoms with E-state index in [0.717, 1.165) is 0 Å². The summed E-state index contributed by atoms with van der Waals surface area (Å²) in [5.74, 6) is -1.48. The van der Waals surface area contributed by atoms with E-state index in [0.29, 0.717) is 28.7 Å². The predicted molar refractivity (Wildman–Crippen MR) is 119 cm³/mol. The highest BCUT2D eigenvalue weighted by Crippen LogP contribution is 2.29. The quantitative estimate of drug-likeness (QED) is 0.396. The van der Waals surface area contributed by atoms with E-state index in [4.69, 9.17) is 4.42 Å². The van der Waals surface area contributed by atoms with Gasteiger partial charge in [0.2, 0.25) is 5.89 Å². The van der Waals surface area contributed by atoms with E-state index in [9.17, 15) is 27.9 Å². The number of fused-ring (bicyclic) bond motifs is 1. The number of amides is 1. The molecule has 4 heterocycles. The van der Waals surface area contributed by atoms with Crippen LogP contribution in [0.5, 0.6) is 0 Å². The van der Waals surface area contributed by atoms with Gasteiger partial charge in [-0.05, 0) is 40.5 Å². The van der Waals surface area contributed by atoms with Gasteiger partial charge < -0.3 is 14.4 Å². The molecule has 1 aliphatic heterocycles. The number of alkyl halides is 2. The van der Waals surface area contributed by atoms with Crippen molar-refractivity contribution in [3.63, 3.8) is 0 Å². The number of benzene rings is 1. The Morgan fingerprint density at radius 1 is 1.26 bits per heavy atom. The van der Waals surface area contributed by atoms with Gasteiger partial charge in [0.25, 0.3) is 5.89 Å². The molecule has 1 fully saturated rings. The molecule has 1 N–H and O–H groups in total. The molecule has 0 saturated carbocycles. The molecule has 0 bridgehead atoms. The molecule has 1 aromatic carbocycles. The van der Waals surface area contributed by atoms with E-state index < -0.39 is 36.0 Å². The number of likely N-dealkylation sites (tertiary alicyclic amines) is 1. The van der Waals surface area contributed by atoms with Crippen LogP contribution in [0.3, 0.4) is 0 Å². The van der Waals surface area contributed by atoms with Crippen molar-refractivity contribution in [2.45, 2.75) is 25.4 Å². The summed E-state index contributed by atoms with van der Waals surface area (Å²) in [5, 5.41) is 16.1. The average Bonchev–Trinajstić information content (AvgIpc) is 3.55. The zero-order valence-electron chi connectivity index (χ0n) is 17.7. The van der Waals surface area contributed by atoms with Crippen LogP contribution in [0.25, 0.3) is 22.5 Å². The lowest BCUT2D eigenvalue weighted by atomic mass is 10.2. The van der Waals surface area contributed by atoms with Crippen LogP contribution in [-0.4, -0.2) is 53.5 Å². The van der Waals surface area contributed by atoms with E-state index in [1.165, 1.54) is 38.4 Å². The average molecular weight is 553 g/mol. The van der Waals surface area contributed by atoms with Crippen molar-refractivity contribution >= 4 is 33.1 Å². The smallest absolute Gasteiger partial charge is 0.407 e. The fourth-order valence-corrected chi connectivity index (χ4v) is 4.48. The van der Waals surface area contributed by atoms with Gasteiger partial charge in [-0.15, -0.1) is 10.2 Å². The Morgan fingerprint density at radius 3 is 2.69 bits per heavy atom. The fourth-order valence-electron chi connectivity index (χ4n) is 4.15. The van der Waals surface area contributed by atoms with Crippen LogP contribution in [0.1, 0.15) is 30.5 Å². The normalized spacial score (nSPS) is 16.0. The van der Waals surface area contributed by atoms with Gasteiger partial charge in [0, 0.05) is 25.4 Å². The number of hydrogen-bond donors (Lipinski definition) is 1. The van der Waals surface area contributed by atoms with Crippen molar-refractivity contribution in [1.29, 1.82) is 0 Å². The highest BCUT2D eigenvalue weighted by Gasteiger charge is 2.31. The molecule has 1 aliphatic rings. The van der Waals surface area contributed by atoms with Crippen molar-refractivity contribution in [3.05, 3.63) is 62.8 Å². The Balaban J connectivity index is 1.50. The highest BCUT2D eigenvalue weighted by molar-refractivity contribution is 9.10. The second-order valence-corrected chi connectivity index (χ2v) is 8.80. The first-order valence-corrected chi connectivity index (χ1v) is 11.2. The van der Waals surface area contributed by atoms with Crippen LogP contribution in [-0.2, 0) is 6.54 Å². The van der Waals surface area contributed by atoms with Gasteiger partial charge in [-0.1, -0.05) is 0 Å². The molecule has 1 saturated heterocycles. The van der Waals surface area contributed by atoms with Crippen molar-refractivity contribution < 1.29 is 27.5 Å². The van der Waals surface area contributed by atoms with E-state index in [2.05, 4.69) is 31.1 Å². The van der Waals surface area contributed by atoms with Gasteiger partial charge in [0.15, 0.2) is 0 Å². The van der Waals surface area contributed by atoms with Crippen LogP contribution < -0.4 is 5.69 Å². The van der Waals surface area contributed by atoms with Crippen LogP contribution in [0.4, 0.5) is 18.0 Å². The number of aromatic nitrogens is 5. The minimum absolute atomic E-state index is 0.00876. The fraction of sp³-hybridized carbons (Fsp3) is 0.286. The van der Waals surface area contributed by atoms with E-state index in [1.807, 2.05) is 0 Å². The van der Waals surface area contributed by atoms with Crippen molar-refractivity contribution in [3.8, 4) is 11.5 Å². The SMILES string of the molecule is O=C(O)N1CC[C@@H](n2c(=O)n(Cc3ccc(-c4nnc(C(F)F)o4)cn3)c3cc(F)c(Br)cc32)C1. The molecular weight excluding hydrogens is 537 g/mol. The Labute approximate surface area is 202 Å². The first-order chi connectivity index (χ1) is 16.7. The second-order valence-electron chi connectivity index (χ2n) is 7.95. The summed E-state index contributed by atoms with van der Waals surface area (Å²) in [4.78, 5) is 30.3. The predicted octanol–water partition coefficient (Wildman–Crippen LogP) is 4.06. The summed E-state index contributed by atoms with van der Waals surface area (Å²) >= 11 is 3.15. The maximum atomic E-state index is 14.4. The van der Waals surface area contributed by atoms with E-state index in [-0.39, 0.29) is 30.0 Å². The van der Waals surface area contributed by atoms with Gasteiger partial charge in [-0.3, -0.25) is 14.1 Å². The number of carbonyl (C=O) groups is 1. The van der Waals surface area contributed by atoms with Crippen LogP contribution >= 0.6 is 15.9 Å². The molecular formula is C21H16BrF3N6O4. The third kappa shape index (κ3) is 4.17. The molecule has 4 aromatic rings. The summed E-state index contributed by atoms with van der Waals surface area (Å²) in [5.41, 5.74) is 1.11. The lowest BCUT2D eigenvalue weighted by molar-refractivity contribution is 0.116. The maximum absolute atomic E-state index is 14.4. The van der Waals surface area contributed by atoms with Crippen molar-refractivity contribution in [2.24, 2.45) is 0 Å². The molecule has 3 aromatic heterocycles. The highest BCUT2D eigenvalue weighted by atomic mass is 79.9. The zero-order chi connectivity index (χ0) is 24.9. The minimum atomic E-state index is -2.89. The lowest BCUT2D eigenvalue weighted by Gasteiger charge is -2.13. The number of pyridine rings is 1. The third-order valence-electron chi connectivity index (χ3n) is 5.82. The van der Waals surface area contributed by atoms with Gasteiger partial charge in [-0.25, -0.2) is 14.0 Å². The molecule has 0 radical (unpaired) electrons. The minimum Gasteiger partial charge on any atom is -0.465 e. The van der Waals surface area contributed by atoms with Crippen LogP contribution in [0, 0.1) is 5.82 Å². The number of rotatable bonds is 5. The largest absolute Gasteiger partial charge is 0.465 e. The Morgan fingerprint density at radius 2 is 2.06 bits per heavy atom. The monoisotopic (exact) mass is 552 g/mol. The van der Waals surface area contributed by atoms with Crippen LogP contribution in [0.15, 0.2) is 44.1 Å². The van der Waals surface area contributed by atoms with Crippen LogP contribution in [0.2, 0.25) is 0 Å². The molecule has 0 spiro atoms. The lowest BCUT2D eigenvalue weighted by Crippen LogP contribution is -2.31. The zero-order valence-corrected chi connectivity index (χ0v) is 19.3. The van der Waals surface area contributed by atoms with Gasteiger partial charge in [0.05, 0.1) is 39.4 Å². The van der Waals surface area contributed by atoms with Gasteiger partial charge in [0.1, 0.15) is 5.82 Å². The maximum Gasteiger partial charge on any atom is 0.407 e. The first-order valence-electron chi connectivity index (χ1n) is 10.4. The number of imidazole rings is 1. The summed E-state index contributed by atoms with van der Waals surface area (Å²) in [7, 11) is 0. The molecule has 0 unspecified atom stereocenters. The number of nitrogens with zero attached hydrogens (tertiary/aromatic N) is 6. The van der Waals surface area contributed by atoms with Gasteiger partial charge >= 0.3 is 18.2 Å². The summed E-state index contributed by atoms with van der Waals surface area (Å²) in [6.45, 7) is 0.416. The van der Waals surface area contributed by atoms with Crippen molar-refractivity contribution in [2.75, 3.05) is 13.1 Å². The molecule has 5 rings (SSSR count). The second kappa shape index (κ2) is 8.83. The summed E-state index contributed by atoms with van der Waals surface area (Å²) < 4.78 is 47.7. The van der Waals surface area contributed by atoms with Gasteiger partial charge in [-0.2, -0.15) is 8.78 Å². The molecule has 10 nitrogen and oxygen atoms in total. The van der Waals surface area contributed by atoms with E-state index >= 15 is 0 Å². The first kappa shape index (κ1) is 23.1. The molecule has 0 aliphatic carbocycles. The molecule has 14 heteroatoms. The Kier molecular flexibility index (Phi) is 5.83. The topological polar surface area (TPSA) is 119 Å². The summed E-state index contributed by atoms with van der Waals surface area (Å²) in [6, 6.07) is 5.43. The van der Waals surface area contributed by atoms with E-state index in [1.54, 1.807) is 6.07 Å².